The maximum absolute atomic E-state index is 5.71. The van der Waals surface area contributed by atoms with E-state index >= 15 is 0 Å². The Morgan fingerprint density at radius 2 is 1.86 bits per heavy atom. The lowest BCUT2D eigenvalue weighted by Crippen LogP contribution is -2.28. The van der Waals surface area contributed by atoms with E-state index in [1.165, 1.54) is 5.57 Å². The first-order valence-electron chi connectivity index (χ1n) is 9.30. The largest absolute Gasteiger partial charge is 0.496 e. The second-order valence-electron chi connectivity index (χ2n) is 6.60. The smallest absolute Gasteiger partial charge is 0.283 e. The van der Waals surface area contributed by atoms with E-state index < -0.39 is 0 Å². The van der Waals surface area contributed by atoms with E-state index in [1.54, 1.807) is 39.7 Å². The fraction of sp³-hybridized carbons (Fsp3) is 0.333. The Labute approximate surface area is 168 Å². The first kappa shape index (κ1) is 19.1. The van der Waals surface area contributed by atoms with Gasteiger partial charge in [0.1, 0.15) is 17.2 Å². The normalized spacial score (nSPS) is 14.5. The van der Waals surface area contributed by atoms with Gasteiger partial charge in [-0.05, 0) is 24.1 Å². The Balaban J connectivity index is 1.49. The number of rotatable bonds is 7. The number of furan rings is 1. The molecule has 8 heteroatoms. The zero-order valence-electron chi connectivity index (χ0n) is 16.7. The molecule has 0 atom stereocenters. The lowest BCUT2D eigenvalue weighted by Gasteiger charge is -2.26. The fourth-order valence-corrected chi connectivity index (χ4v) is 3.41. The summed E-state index contributed by atoms with van der Waals surface area (Å²) in [6.07, 6.45) is 4.61. The Kier molecular flexibility index (Phi) is 5.53. The van der Waals surface area contributed by atoms with Crippen molar-refractivity contribution in [2.75, 3.05) is 34.4 Å². The Morgan fingerprint density at radius 1 is 1.07 bits per heavy atom. The summed E-state index contributed by atoms with van der Waals surface area (Å²) in [6, 6.07) is 7.33. The molecule has 8 nitrogen and oxygen atoms in total. The van der Waals surface area contributed by atoms with Crippen molar-refractivity contribution in [1.82, 2.24) is 15.1 Å². The molecule has 2 aromatic heterocycles. The van der Waals surface area contributed by atoms with Gasteiger partial charge in [0.15, 0.2) is 5.76 Å². The van der Waals surface area contributed by atoms with Gasteiger partial charge in [0.05, 0.1) is 39.7 Å². The van der Waals surface area contributed by atoms with Crippen LogP contribution in [0.2, 0.25) is 0 Å². The monoisotopic (exact) mass is 397 g/mol. The van der Waals surface area contributed by atoms with Gasteiger partial charge >= 0.3 is 0 Å². The third kappa shape index (κ3) is 3.97. The van der Waals surface area contributed by atoms with E-state index in [4.69, 9.17) is 23.0 Å². The number of nitrogens with zero attached hydrogens (tertiary/aromatic N) is 3. The molecule has 0 amide bonds. The van der Waals surface area contributed by atoms with Crippen LogP contribution in [0.1, 0.15) is 17.9 Å². The van der Waals surface area contributed by atoms with Gasteiger partial charge in [-0.15, -0.1) is 10.2 Å². The minimum absolute atomic E-state index is 0.394. The van der Waals surface area contributed by atoms with Crippen molar-refractivity contribution < 1.29 is 23.0 Å². The molecule has 4 rings (SSSR count). The molecule has 3 heterocycles. The zero-order valence-corrected chi connectivity index (χ0v) is 16.7. The molecule has 0 bridgehead atoms. The fourth-order valence-electron chi connectivity index (χ4n) is 3.41. The molecular weight excluding hydrogens is 374 g/mol. The molecule has 0 spiro atoms. The van der Waals surface area contributed by atoms with Crippen molar-refractivity contribution in [2.24, 2.45) is 0 Å². The van der Waals surface area contributed by atoms with Crippen LogP contribution >= 0.6 is 0 Å². The summed E-state index contributed by atoms with van der Waals surface area (Å²) in [5, 5.41) is 8.18. The summed E-state index contributed by atoms with van der Waals surface area (Å²) in [6.45, 7) is 2.18. The average molecular weight is 397 g/mol. The first-order chi connectivity index (χ1) is 14.2. The van der Waals surface area contributed by atoms with Gasteiger partial charge < -0.3 is 23.0 Å². The van der Waals surface area contributed by atoms with Gasteiger partial charge in [-0.1, -0.05) is 6.08 Å². The predicted octanol–water partition coefficient (Wildman–Crippen LogP) is 3.64. The van der Waals surface area contributed by atoms with Gasteiger partial charge in [0.2, 0.25) is 5.89 Å². The summed E-state index contributed by atoms with van der Waals surface area (Å²) in [7, 11) is 4.93. The highest BCUT2D eigenvalue weighted by Gasteiger charge is 2.22. The number of ether oxygens (including phenoxy) is 3. The van der Waals surface area contributed by atoms with Gasteiger partial charge in [-0.3, -0.25) is 4.90 Å². The highest BCUT2D eigenvalue weighted by atomic mass is 16.5. The summed E-state index contributed by atoms with van der Waals surface area (Å²) >= 11 is 0. The van der Waals surface area contributed by atoms with Crippen LogP contribution in [0.4, 0.5) is 0 Å². The van der Waals surface area contributed by atoms with E-state index in [2.05, 4.69) is 21.2 Å². The minimum atomic E-state index is 0.394. The van der Waals surface area contributed by atoms with Crippen LogP contribution < -0.4 is 14.2 Å². The molecule has 3 aromatic rings. The van der Waals surface area contributed by atoms with E-state index in [9.17, 15) is 0 Å². The Hall–Kier alpha value is -3.26. The van der Waals surface area contributed by atoms with Crippen LogP contribution in [0, 0.1) is 0 Å². The van der Waals surface area contributed by atoms with E-state index in [0.29, 0.717) is 29.8 Å². The predicted molar refractivity (Wildman–Crippen MR) is 106 cm³/mol. The molecule has 0 fully saturated rings. The zero-order chi connectivity index (χ0) is 20.2. The summed E-state index contributed by atoms with van der Waals surface area (Å²) in [4.78, 5) is 2.24. The minimum Gasteiger partial charge on any atom is -0.496 e. The Bertz CT molecular complexity index is 969. The van der Waals surface area contributed by atoms with Crippen LogP contribution in [0.3, 0.4) is 0 Å². The van der Waals surface area contributed by atoms with Crippen molar-refractivity contribution in [3.63, 3.8) is 0 Å². The number of hydrogen-bond donors (Lipinski definition) is 0. The highest BCUT2D eigenvalue weighted by molar-refractivity contribution is 5.77. The lowest BCUT2D eigenvalue weighted by molar-refractivity contribution is 0.262. The van der Waals surface area contributed by atoms with Gasteiger partial charge in [0, 0.05) is 25.2 Å². The lowest BCUT2D eigenvalue weighted by atomic mass is 9.97. The molecule has 1 aromatic carbocycles. The third-order valence-corrected chi connectivity index (χ3v) is 4.89. The molecule has 1 aliphatic rings. The number of methoxy groups -OCH3 is 3. The molecule has 0 aliphatic carbocycles. The third-order valence-electron chi connectivity index (χ3n) is 4.89. The summed E-state index contributed by atoms with van der Waals surface area (Å²) in [5.41, 5.74) is 2.15. The maximum atomic E-state index is 5.71. The van der Waals surface area contributed by atoms with Gasteiger partial charge in [-0.2, -0.15) is 0 Å². The molecule has 29 heavy (non-hydrogen) atoms. The SMILES string of the molecule is COc1cc(OC)c(C2=CCN(Cc3nnc(-c4ccco4)o3)CC2)c(OC)c1. The molecule has 0 saturated carbocycles. The molecule has 0 radical (unpaired) electrons. The van der Waals surface area contributed by atoms with Gasteiger partial charge in [-0.25, -0.2) is 0 Å². The summed E-state index contributed by atoms with van der Waals surface area (Å²) < 4.78 is 27.5. The second kappa shape index (κ2) is 8.40. The van der Waals surface area contributed by atoms with Crippen LogP contribution in [0.5, 0.6) is 17.2 Å². The van der Waals surface area contributed by atoms with Crippen LogP contribution in [0.15, 0.2) is 45.4 Å². The number of benzene rings is 1. The van der Waals surface area contributed by atoms with Crippen molar-refractivity contribution in [3.05, 3.63) is 48.1 Å². The Morgan fingerprint density at radius 3 is 2.45 bits per heavy atom. The number of hydrogen-bond acceptors (Lipinski definition) is 8. The maximum Gasteiger partial charge on any atom is 0.283 e. The second-order valence-corrected chi connectivity index (χ2v) is 6.60. The standard InChI is InChI=1S/C21H23N3O5/c1-25-15-11-17(26-2)20(18(12-15)27-3)14-6-8-24(9-7-14)13-19-22-23-21(29-19)16-5-4-10-28-16/h4-6,10-12H,7-9,13H2,1-3H3. The van der Waals surface area contributed by atoms with E-state index in [0.717, 1.165) is 36.6 Å². The van der Waals surface area contributed by atoms with Gasteiger partial charge in [0.25, 0.3) is 5.89 Å². The highest BCUT2D eigenvalue weighted by Crippen LogP contribution is 2.40. The van der Waals surface area contributed by atoms with E-state index in [-0.39, 0.29) is 0 Å². The number of aromatic nitrogens is 2. The quantitative estimate of drug-likeness (QED) is 0.598. The molecule has 152 valence electrons. The van der Waals surface area contributed by atoms with E-state index in [1.807, 2.05) is 12.1 Å². The molecule has 0 saturated heterocycles. The molecule has 0 unspecified atom stereocenters. The topological polar surface area (TPSA) is 83.0 Å². The molecular formula is C21H23N3O5. The van der Waals surface area contributed by atoms with Crippen LogP contribution in [-0.2, 0) is 6.54 Å². The van der Waals surface area contributed by atoms with Crippen molar-refractivity contribution in [3.8, 4) is 28.9 Å². The van der Waals surface area contributed by atoms with Crippen molar-refractivity contribution in [2.45, 2.75) is 13.0 Å². The van der Waals surface area contributed by atoms with Crippen molar-refractivity contribution >= 4 is 5.57 Å². The van der Waals surface area contributed by atoms with Crippen molar-refractivity contribution in [1.29, 1.82) is 0 Å². The first-order valence-corrected chi connectivity index (χ1v) is 9.30. The van der Waals surface area contributed by atoms with Crippen LogP contribution in [0.25, 0.3) is 17.2 Å². The average Bonchev–Trinajstić information content (AvgIpc) is 3.45. The summed E-state index contributed by atoms with van der Waals surface area (Å²) in [5.74, 6) is 3.70. The molecule has 0 N–H and O–H groups in total. The molecule has 1 aliphatic heterocycles. The van der Waals surface area contributed by atoms with Crippen LogP contribution in [-0.4, -0.2) is 49.5 Å².